The van der Waals surface area contributed by atoms with Gasteiger partial charge < -0.3 is 4.74 Å². The van der Waals surface area contributed by atoms with E-state index in [2.05, 4.69) is 4.99 Å². The molecule has 0 radical (unpaired) electrons. The highest BCUT2D eigenvalue weighted by Gasteiger charge is 2.46. The van der Waals surface area contributed by atoms with Crippen molar-refractivity contribution in [3.05, 3.63) is 35.9 Å². The van der Waals surface area contributed by atoms with Gasteiger partial charge in [0, 0.05) is 5.56 Å². The van der Waals surface area contributed by atoms with Crippen molar-refractivity contribution in [2.45, 2.75) is 37.6 Å². The van der Waals surface area contributed by atoms with Gasteiger partial charge in [0.15, 0.2) is 5.54 Å². The molecule has 1 aliphatic carbocycles. The Bertz CT molecular complexity index is 458. The van der Waals surface area contributed by atoms with E-state index in [0.717, 1.165) is 31.2 Å². The van der Waals surface area contributed by atoms with Crippen molar-refractivity contribution < 1.29 is 9.53 Å². The Balaban J connectivity index is 1.94. The summed E-state index contributed by atoms with van der Waals surface area (Å²) in [6.45, 7) is 0. The van der Waals surface area contributed by atoms with Gasteiger partial charge in [-0.05, 0) is 25.0 Å². The van der Waals surface area contributed by atoms with E-state index in [-0.39, 0.29) is 5.97 Å². The topological polar surface area (TPSA) is 38.7 Å². The molecule has 1 aromatic rings. The maximum absolute atomic E-state index is 12.0. The summed E-state index contributed by atoms with van der Waals surface area (Å²) in [6.07, 6.45) is 5.01. The lowest BCUT2D eigenvalue weighted by atomic mass is 9.83. The minimum atomic E-state index is -0.566. The number of rotatable bonds is 1. The number of benzene rings is 1. The lowest BCUT2D eigenvalue weighted by Gasteiger charge is -2.25. The van der Waals surface area contributed by atoms with E-state index in [1.165, 1.54) is 6.42 Å². The van der Waals surface area contributed by atoms with Crippen LogP contribution in [0.15, 0.2) is 35.3 Å². The number of aliphatic imine (C=N–C) groups is 1. The van der Waals surface area contributed by atoms with E-state index in [1.54, 1.807) is 0 Å². The number of hydrogen-bond acceptors (Lipinski definition) is 3. The van der Waals surface area contributed by atoms with Crippen molar-refractivity contribution in [1.29, 1.82) is 0 Å². The molecule has 1 aromatic carbocycles. The second-order valence-electron chi connectivity index (χ2n) is 4.76. The molecule has 17 heavy (non-hydrogen) atoms. The van der Waals surface area contributed by atoms with Gasteiger partial charge >= 0.3 is 5.97 Å². The first-order valence-corrected chi connectivity index (χ1v) is 6.18. The van der Waals surface area contributed by atoms with Crippen molar-refractivity contribution in [2.75, 3.05) is 0 Å². The SMILES string of the molecule is O=C1OC(c2ccccc2)=NC12CCCCC2. The van der Waals surface area contributed by atoms with Gasteiger partial charge in [0.05, 0.1) is 0 Å². The molecule has 0 N–H and O–H groups in total. The number of nitrogens with zero attached hydrogens (tertiary/aromatic N) is 1. The lowest BCUT2D eigenvalue weighted by Crippen LogP contribution is -2.35. The number of esters is 1. The molecule has 1 fully saturated rings. The second kappa shape index (κ2) is 3.99. The van der Waals surface area contributed by atoms with Crippen LogP contribution in [0.25, 0.3) is 0 Å². The van der Waals surface area contributed by atoms with Crippen molar-refractivity contribution in [1.82, 2.24) is 0 Å². The van der Waals surface area contributed by atoms with Crippen LogP contribution in [-0.4, -0.2) is 17.4 Å². The Morgan fingerprint density at radius 2 is 1.76 bits per heavy atom. The third-order valence-corrected chi connectivity index (χ3v) is 3.59. The molecule has 0 aromatic heterocycles. The number of carbonyl (C=O) groups excluding carboxylic acids is 1. The van der Waals surface area contributed by atoms with Crippen LogP contribution in [0.4, 0.5) is 0 Å². The van der Waals surface area contributed by atoms with Crippen LogP contribution in [0.5, 0.6) is 0 Å². The van der Waals surface area contributed by atoms with E-state index in [9.17, 15) is 4.79 Å². The molecule has 1 saturated carbocycles. The van der Waals surface area contributed by atoms with Gasteiger partial charge in [0.25, 0.3) is 0 Å². The van der Waals surface area contributed by atoms with Gasteiger partial charge in [0.1, 0.15) is 0 Å². The van der Waals surface area contributed by atoms with Gasteiger partial charge in [-0.15, -0.1) is 0 Å². The smallest absolute Gasteiger partial charge is 0.340 e. The summed E-state index contributed by atoms with van der Waals surface area (Å²) in [6, 6.07) is 9.65. The van der Waals surface area contributed by atoms with E-state index in [1.807, 2.05) is 30.3 Å². The van der Waals surface area contributed by atoms with E-state index < -0.39 is 5.54 Å². The number of cyclic esters (lactones) is 1. The Morgan fingerprint density at radius 3 is 2.47 bits per heavy atom. The zero-order valence-corrected chi connectivity index (χ0v) is 9.69. The molecule has 0 saturated heterocycles. The summed E-state index contributed by atoms with van der Waals surface area (Å²) in [4.78, 5) is 16.6. The first-order chi connectivity index (χ1) is 8.30. The molecule has 2 aliphatic rings. The number of ether oxygens (including phenoxy) is 1. The average Bonchev–Trinajstić information content (AvgIpc) is 2.69. The summed E-state index contributed by atoms with van der Waals surface area (Å²) >= 11 is 0. The normalized spacial score (nSPS) is 22.4. The molecule has 3 rings (SSSR count). The van der Waals surface area contributed by atoms with Crippen LogP contribution >= 0.6 is 0 Å². The maximum Gasteiger partial charge on any atom is 0.340 e. The van der Waals surface area contributed by atoms with Crippen LogP contribution in [0, 0.1) is 0 Å². The second-order valence-corrected chi connectivity index (χ2v) is 4.76. The minimum absolute atomic E-state index is 0.156. The van der Waals surface area contributed by atoms with Crippen molar-refractivity contribution in [2.24, 2.45) is 4.99 Å². The summed E-state index contributed by atoms with van der Waals surface area (Å²) in [7, 11) is 0. The fourth-order valence-electron chi connectivity index (χ4n) is 2.60. The monoisotopic (exact) mass is 229 g/mol. The summed E-state index contributed by atoms with van der Waals surface area (Å²) in [5.41, 5.74) is 0.326. The van der Waals surface area contributed by atoms with Crippen LogP contribution < -0.4 is 0 Å². The fraction of sp³-hybridized carbons (Fsp3) is 0.429. The molecular weight excluding hydrogens is 214 g/mol. The Morgan fingerprint density at radius 1 is 1.06 bits per heavy atom. The molecule has 1 spiro atoms. The van der Waals surface area contributed by atoms with Crippen molar-refractivity contribution in [3.63, 3.8) is 0 Å². The van der Waals surface area contributed by atoms with Crippen LogP contribution in [0.1, 0.15) is 37.7 Å². The van der Waals surface area contributed by atoms with E-state index in [4.69, 9.17) is 4.74 Å². The molecule has 1 aliphatic heterocycles. The van der Waals surface area contributed by atoms with Crippen molar-refractivity contribution >= 4 is 11.9 Å². The predicted molar refractivity (Wildman–Crippen MR) is 64.9 cm³/mol. The fourth-order valence-corrected chi connectivity index (χ4v) is 2.60. The molecular formula is C14H15NO2. The molecule has 0 atom stereocenters. The largest absolute Gasteiger partial charge is 0.405 e. The van der Waals surface area contributed by atoms with Gasteiger partial charge in [-0.2, -0.15) is 0 Å². The predicted octanol–water partition coefficient (Wildman–Crippen LogP) is 2.69. The Hall–Kier alpha value is -1.64. The van der Waals surface area contributed by atoms with Gasteiger partial charge in [-0.1, -0.05) is 37.5 Å². The molecule has 0 unspecified atom stereocenters. The highest BCUT2D eigenvalue weighted by Crippen LogP contribution is 2.37. The van der Waals surface area contributed by atoms with Crippen LogP contribution in [-0.2, 0) is 9.53 Å². The molecule has 1 heterocycles. The third kappa shape index (κ3) is 1.75. The molecule has 3 heteroatoms. The summed E-state index contributed by atoms with van der Waals surface area (Å²) < 4.78 is 5.35. The summed E-state index contributed by atoms with van der Waals surface area (Å²) in [5.74, 6) is 0.341. The van der Waals surface area contributed by atoms with Gasteiger partial charge in [0.2, 0.25) is 5.90 Å². The molecule has 0 amide bonds. The number of hydrogen-bond donors (Lipinski definition) is 0. The quantitative estimate of drug-likeness (QED) is 0.694. The third-order valence-electron chi connectivity index (χ3n) is 3.59. The lowest BCUT2D eigenvalue weighted by molar-refractivity contribution is -0.140. The zero-order chi connectivity index (χ0) is 11.7. The number of carbonyl (C=O) groups is 1. The van der Waals surface area contributed by atoms with Gasteiger partial charge in [-0.3, -0.25) is 0 Å². The minimum Gasteiger partial charge on any atom is -0.405 e. The average molecular weight is 229 g/mol. The molecule has 0 bridgehead atoms. The first kappa shape index (κ1) is 10.5. The van der Waals surface area contributed by atoms with E-state index >= 15 is 0 Å². The first-order valence-electron chi connectivity index (χ1n) is 6.18. The standard InChI is InChI=1S/C14H15NO2/c16-13-14(9-5-2-6-10-14)15-12(17-13)11-7-3-1-4-8-11/h1,3-4,7-8H,2,5-6,9-10H2. The molecule has 88 valence electrons. The summed E-state index contributed by atoms with van der Waals surface area (Å²) in [5, 5.41) is 0. The Kier molecular flexibility index (Phi) is 2.46. The van der Waals surface area contributed by atoms with Crippen LogP contribution in [0.3, 0.4) is 0 Å². The van der Waals surface area contributed by atoms with Crippen LogP contribution in [0.2, 0.25) is 0 Å². The van der Waals surface area contributed by atoms with Crippen molar-refractivity contribution in [3.8, 4) is 0 Å². The van der Waals surface area contributed by atoms with E-state index in [0.29, 0.717) is 5.90 Å². The zero-order valence-electron chi connectivity index (χ0n) is 9.69. The maximum atomic E-state index is 12.0. The Labute approximate surface area is 101 Å². The highest BCUT2D eigenvalue weighted by molar-refractivity contribution is 6.07. The molecule has 3 nitrogen and oxygen atoms in total. The van der Waals surface area contributed by atoms with Gasteiger partial charge in [-0.25, -0.2) is 9.79 Å². The highest BCUT2D eigenvalue weighted by atomic mass is 16.6.